The molecule has 0 aliphatic heterocycles. The first-order chi connectivity index (χ1) is 3.71. The van der Waals surface area contributed by atoms with Gasteiger partial charge in [0, 0.05) is 23.1 Å². The third-order valence-corrected chi connectivity index (χ3v) is 1.91. The molecule has 0 heterocycles. The highest BCUT2D eigenvalue weighted by Crippen LogP contribution is 2.53. The molecule has 10 heavy (non-hydrogen) atoms. The predicted octanol–water partition coefficient (Wildman–Crippen LogP) is -1.19. The van der Waals surface area contributed by atoms with E-state index in [1.165, 1.54) is 0 Å². The van der Waals surface area contributed by atoms with E-state index in [4.69, 9.17) is 19.6 Å². The first kappa shape index (κ1) is 13.6. The molecule has 4 N–H and O–H groups in total. The fourth-order valence-electron chi connectivity index (χ4n) is 0.139. The maximum atomic E-state index is 9.63. The molecule has 0 rings (SSSR count). The van der Waals surface area contributed by atoms with E-state index >= 15 is 0 Å². The van der Waals surface area contributed by atoms with Crippen LogP contribution < -0.4 is 0 Å². The summed E-state index contributed by atoms with van der Waals surface area (Å²) in [5.41, 5.74) is 0. The third-order valence-electron chi connectivity index (χ3n) is 0.213. The molecule has 0 unspecified atom stereocenters. The molecule has 7 nitrogen and oxygen atoms in total. The van der Waals surface area contributed by atoms with Crippen LogP contribution in [0, 0.1) is 0 Å². The van der Waals surface area contributed by atoms with E-state index in [0.717, 1.165) is 0 Å². The summed E-state index contributed by atoms with van der Waals surface area (Å²) >= 11 is 0. The monoisotopic (exact) mass is 202 g/mol. The normalized spacial score (nSPS) is 12.4. The number of phosphoric acid groups is 2. The molecule has 58 valence electrons. The summed E-state index contributed by atoms with van der Waals surface area (Å²) in [5.74, 6) is 0. The molecule has 0 saturated heterocycles. The van der Waals surface area contributed by atoms with Crippen molar-refractivity contribution in [2.24, 2.45) is 0 Å². The topological polar surface area (TPSA) is 124 Å². The second kappa shape index (κ2) is 4.15. The van der Waals surface area contributed by atoms with Gasteiger partial charge in [0.25, 0.3) is 0 Å². The molecule has 2 radical (unpaired) electrons. The van der Waals surface area contributed by atoms with Crippen LogP contribution in [0.15, 0.2) is 0 Å². The van der Waals surface area contributed by atoms with Crippen LogP contribution in [0.3, 0.4) is 0 Å². The zero-order chi connectivity index (χ0) is 7.71. The highest BCUT2D eigenvalue weighted by atomic mass is 31.3. The average molecular weight is 202 g/mol. The summed E-state index contributed by atoms with van der Waals surface area (Å²) < 4.78 is 22.2. The van der Waals surface area contributed by atoms with Crippen LogP contribution in [0.25, 0.3) is 0 Å². The second-order valence-electron chi connectivity index (χ2n) is 1.06. The lowest BCUT2D eigenvalue weighted by Crippen LogP contribution is -1.84. The molecular formula is H4MgO7P2. The van der Waals surface area contributed by atoms with Crippen molar-refractivity contribution >= 4 is 38.7 Å². The molecular weight excluding hydrogens is 198 g/mol. The summed E-state index contributed by atoms with van der Waals surface area (Å²) in [6.07, 6.45) is 0. The molecule has 0 spiro atoms. The minimum Gasteiger partial charge on any atom is -0.302 e. The van der Waals surface area contributed by atoms with Crippen LogP contribution in [-0.2, 0) is 13.4 Å². The van der Waals surface area contributed by atoms with Gasteiger partial charge < -0.3 is 19.6 Å². The molecule has 0 saturated carbocycles. The minimum absolute atomic E-state index is 0. The number of hydrogen-bond donors (Lipinski definition) is 4. The van der Waals surface area contributed by atoms with Gasteiger partial charge in [0.05, 0.1) is 0 Å². The third kappa shape index (κ3) is 11.8. The Balaban J connectivity index is 0. The molecule has 0 aromatic heterocycles. The maximum absolute atomic E-state index is 9.63. The summed E-state index contributed by atoms with van der Waals surface area (Å²) in [6.45, 7) is 0. The molecule has 0 atom stereocenters. The van der Waals surface area contributed by atoms with Gasteiger partial charge in [-0.3, -0.25) is 0 Å². The predicted molar refractivity (Wildman–Crippen MR) is 30.9 cm³/mol. The van der Waals surface area contributed by atoms with Crippen molar-refractivity contribution in [3.63, 3.8) is 0 Å². The highest BCUT2D eigenvalue weighted by Gasteiger charge is 2.27. The summed E-state index contributed by atoms with van der Waals surface area (Å²) in [5, 5.41) is 0. The summed E-state index contributed by atoms with van der Waals surface area (Å²) in [4.78, 5) is 31.0. The van der Waals surface area contributed by atoms with E-state index in [1.54, 1.807) is 0 Å². The Labute approximate surface area is 72.0 Å². The first-order valence-electron chi connectivity index (χ1n) is 1.53. The van der Waals surface area contributed by atoms with Gasteiger partial charge in [0.15, 0.2) is 0 Å². The zero-order valence-corrected chi connectivity index (χ0v) is 7.82. The van der Waals surface area contributed by atoms with Crippen molar-refractivity contribution < 1.29 is 33.0 Å². The quantitative estimate of drug-likeness (QED) is 0.327. The van der Waals surface area contributed by atoms with Gasteiger partial charge >= 0.3 is 15.6 Å². The Morgan fingerprint density at radius 1 is 0.900 bits per heavy atom. The fourth-order valence-corrected chi connectivity index (χ4v) is 1.25. The lowest BCUT2D eigenvalue weighted by atomic mass is 15.7. The van der Waals surface area contributed by atoms with Crippen LogP contribution in [0.5, 0.6) is 0 Å². The van der Waals surface area contributed by atoms with E-state index in [-0.39, 0.29) is 23.1 Å². The molecule has 0 aromatic rings. The standard InChI is InChI=1S/Mg.H4O7P2/c;1-8(2,3)7-9(4,5)6/h;(H2,1,2,3)(H2,4,5,6). The molecule has 0 aromatic carbocycles. The molecule has 0 bridgehead atoms. The second-order valence-corrected chi connectivity index (χ2v) is 3.68. The van der Waals surface area contributed by atoms with Crippen LogP contribution in [-0.4, -0.2) is 42.6 Å². The van der Waals surface area contributed by atoms with E-state index < -0.39 is 15.6 Å². The van der Waals surface area contributed by atoms with Gasteiger partial charge in [0.1, 0.15) is 0 Å². The maximum Gasteiger partial charge on any atom is 0.478 e. The number of hydrogen-bond acceptors (Lipinski definition) is 3. The smallest absolute Gasteiger partial charge is 0.302 e. The van der Waals surface area contributed by atoms with Crippen LogP contribution in [0.1, 0.15) is 0 Å². The molecule has 0 fully saturated rings. The molecule has 0 aliphatic rings. The van der Waals surface area contributed by atoms with Gasteiger partial charge in [0.2, 0.25) is 0 Å². The Morgan fingerprint density at radius 2 is 1.10 bits per heavy atom. The van der Waals surface area contributed by atoms with Crippen LogP contribution in [0.4, 0.5) is 0 Å². The molecule has 0 aliphatic carbocycles. The van der Waals surface area contributed by atoms with E-state index in [9.17, 15) is 9.13 Å². The van der Waals surface area contributed by atoms with Crippen molar-refractivity contribution in [3.8, 4) is 0 Å². The Kier molecular flexibility index (Phi) is 5.65. The van der Waals surface area contributed by atoms with Gasteiger partial charge in [-0.1, -0.05) is 0 Å². The van der Waals surface area contributed by atoms with Gasteiger partial charge in [-0.15, -0.1) is 0 Å². The van der Waals surface area contributed by atoms with Crippen molar-refractivity contribution in [1.82, 2.24) is 0 Å². The van der Waals surface area contributed by atoms with Crippen molar-refractivity contribution in [2.45, 2.75) is 0 Å². The Morgan fingerprint density at radius 3 is 1.10 bits per heavy atom. The average Bonchev–Trinajstić information content (AvgIpc) is 1.14. The Hall–Kier alpha value is 1.03. The zero-order valence-electron chi connectivity index (χ0n) is 4.62. The van der Waals surface area contributed by atoms with Gasteiger partial charge in [-0.2, -0.15) is 4.31 Å². The first-order valence-corrected chi connectivity index (χ1v) is 4.59. The van der Waals surface area contributed by atoms with Gasteiger partial charge in [-0.05, 0) is 0 Å². The van der Waals surface area contributed by atoms with E-state index in [0.29, 0.717) is 0 Å². The molecule has 10 heteroatoms. The van der Waals surface area contributed by atoms with Crippen molar-refractivity contribution in [2.75, 3.05) is 0 Å². The van der Waals surface area contributed by atoms with E-state index in [2.05, 4.69) is 4.31 Å². The van der Waals surface area contributed by atoms with Gasteiger partial charge in [-0.25, -0.2) is 9.13 Å². The minimum atomic E-state index is -5.05. The summed E-state index contributed by atoms with van der Waals surface area (Å²) in [7, 11) is -10.1. The van der Waals surface area contributed by atoms with Crippen LogP contribution in [0.2, 0.25) is 0 Å². The van der Waals surface area contributed by atoms with Crippen molar-refractivity contribution in [3.05, 3.63) is 0 Å². The van der Waals surface area contributed by atoms with Crippen molar-refractivity contribution in [1.29, 1.82) is 0 Å². The lowest BCUT2D eigenvalue weighted by Gasteiger charge is -2.03. The molecule has 0 amide bonds. The SMILES string of the molecule is O=P(O)(O)OP(=O)(O)O.[Mg]. The highest BCUT2D eigenvalue weighted by molar-refractivity contribution is 7.60. The van der Waals surface area contributed by atoms with Crippen LogP contribution >= 0.6 is 15.6 Å². The largest absolute Gasteiger partial charge is 0.478 e. The number of rotatable bonds is 2. The fraction of sp³-hybridized carbons (Fsp3) is 0. The Bertz CT molecular complexity index is 152. The van der Waals surface area contributed by atoms with E-state index in [1.807, 2.05) is 0 Å². The summed E-state index contributed by atoms with van der Waals surface area (Å²) in [6, 6.07) is 0. The lowest BCUT2D eigenvalue weighted by molar-refractivity contribution is 0.225.